The van der Waals surface area contributed by atoms with Gasteiger partial charge in [-0.3, -0.25) is 0 Å². The van der Waals surface area contributed by atoms with Gasteiger partial charge in [0, 0.05) is 12.0 Å². The minimum Gasteiger partial charge on any atom is -0.461 e. The zero-order chi connectivity index (χ0) is 12.4. The minimum atomic E-state index is -0.367. The summed E-state index contributed by atoms with van der Waals surface area (Å²) >= 11 is 0. The minimum absolute atomic E-state index is 0.367. The maximum absolute atomic E-state index is 9.32. The monoisotopic (exact) mass is 230 g/mol. The van der Waals surface area contributed by atoms with Gasteiger partial charge in [-0.2, -0.15) is 0 Å². The van der Waals surface area contributed by atoms with Gasteiger partial charge in [0.2, 0.25) is 0 Å². The molecule has 0 bridgehead atoms. The van der Waals surface area contributed by atoms with Crippen LogP contribution in [0.1, 0.15) is 23.8 Å². The molecule has 2 heteroatoms. The summed E-state index contributed by atoms with van der Waals surface area (Å²) in [5.74, 6) is 1.70. The molecule has 0 radical (unpaired) electrons. The van der Waals surface area contributed by atoms with Crippen LogP contribution in [0, 0.1) is 13.8 Å². The third-order valence-electron chi connectivity index (χ3n) is 2.81. The molecule has 1 atom stereocenters. The highest BCUT2D eigenvalue weighted by Crippen LogP contribution is 2.26. The number of aryl methyl sites for hydroxylation is 2. The normalized spacial score (nSPS) is 12.7. The fourth-order valence-electron chi connectivity index (χ4n) is 2.01. The van der Waals surface area contributed by atoms with Crippen molar-refractivity contribution in [3.8, 4) is 11.3 Å². The Bertz CT molecular complexity index is 509. The zero-order valence-electron chi connectivity index (χ0n) is 10.5. The van der Waals surface area contributed by atoms with Crippen molar-refractivity contribution in [3.05, 3.63) is 47.2 Å². The Morgan fingerprint density at radius 2 is 1.94 bits per heavy atom. The van der Waals surface area contributed by atoms with E-state index in [1.807, 2.05) is 12.1 Å². The van der Waals surface area contributed by atoms with Gasteiger partial charge in [-0.1, -0.05) is 23.8 Å². The van der Waals surface area contributed by atoms with E-state index in [1.165, 1.54) is 11.1 Å². The van der Waals surface area contributed by atoms with Crippen molar-refractivity contribution in [1.82, 2.24) is 0 Å². The molecule has 0 aliphatic rings. The van der Waals surface area contributed by atoms with E-state index < -0.39 is 0 Å². The zero-order valence-corrected chi connectivity index (χ0v) is 10.5. The highest BCUT2D eigenvalue weighted by Gasteiger charge is 2.09. The van der Waals surface area contributed by atoms with Crippen LogP contribution >= 0.6 is 0 Å². The third kappa shape index (κ3) is 2.77. The Kier molecular flexibility index (Phi) is 3.34. The molecule has 1 unspecified atom stereocenters. The number of benzene rings is 1. The van der Waals surface area contributed by atoms with Gasteiger partial charge in [0.15, 0.2) is 0 Å². The van der Waals surface area contributed by atoms with Crippen LogP contribution in [0.5, 0.6) is 0 Å². The molecule has 1 aromatic carbocycles. The highest BCUT2D eigenvalue weighted by molar-refractivity contribution is 5.62. The van der Waals surface area contributed by atoms with Crippen molar-refractivity contribution in [2.45, 2.75) is 33.3 Å². The van der Waals surface area contributed by atoms with Crippen LogP contribution in [0.2, 0.25) is 0 Å². The lowest BCUT2D eigenvalue weighted by Gasteiger charge is -2.04. The molecule has 0 spiro atoms. The average molecular weight is 230 g/mol. The quantitative estimate of drug-likeness (QED) is 0.875. The molecule has 1 N–H and O–H groups in total. The molecule has 2 aromatic rings. The van der Waals surface area contributed by atoms with Crippen LogP contribution in [0.15, 0.2) is 34.7 Å². The van der Waals surface area contributed by atoms with E-state index in [4.69, 9.17) is 4.42 Å². The van der Waals surface area contributed by atoms with E-state index >= 15 is 0 Å². The smallest absolute Gasteiger partial charge is 0.134 e. The first-order valence-electron chi connectivity index (χ1n) is 5.90. The summed E-state index contributed by atoms with van der Waals surface area (Å²) < 4.78 is 5.74. The number of furan rings is 1. The van der Waals surface area contributed by atoms with Gasteiger partial charge in [-0.05, 0) is 38.5 Å². The molecule has 17 heavy (non-hydrogen) atoms. The first kappa shape index (κ1) is 11.9. The SMILES string of the molecule is Cc1ccc(-c2ccc(CC(C)O)o2)c(C)c1. The van der Waals surface area contributed by atoms with E-state index in [-0.39, 0.29) is 6.10 Å². The first-order valence-corrected chi connectivity index (χ1v) is 5.90. The fourth-order valence-corrected chi connectivity index (χ4v) is 2.01. The van der Waals surface area contributed by atoms with Gasteiger partial charge in [0.1, 0.15) is 11.5 Å². The summed E-state index contributed by atoms with van der Waals surface area (Å²) in [6.07, 6.45) is 0.193. The lowest BCUT2D eigenvalue weighted by atomic mass is 10.0. The van der Waals surface area contributed by atoms with E-state index in [0.29, 0.717) is 6.42 Å². The number of aliphatic hydroxyl groups excluding tert-OH is 1. The van der Waals surface area contributed by atoms with Gasteiger partial charge in [0.05, 0.1) is 6.10 Å². The summed E-state index contributed by atoms with van der Waals surface area (Å²) in [6.45, 7) is 5.93. The van der Waals surface area contributed by atoms with Crippen molar-refractivity contribution in [1.29, 1.82) is 0 Å². The van der Waals surface area contributed by atoms with Crippen molar-refractivity contribution >= 4 is 0 Å². The molecule has 0 aliphatic carbocycles. The lowest BCUT2D eigenvalue weighted by Crippen LogP contribution is -2.02. The molecule has 0 fully saturated rings. The van der Waals surface area contributed by atoms with Crippen LogP contribution in [-0.2, 0) is 6.42 Å². The van der Waals surface area contributed by atoms with Gasteiger partial charge in [0.25, 0.3) is 0 Å². The molecule has 0 saturated heterocycles. The van der Waals surface area contributed by atoms with Gasteiger partial charge < -0.3 is 9.52 Å². The molecule has 0 saturated carbocycles. The van der Waals surface area contributed by atoms with Crippen molar-refractivity contribution < 1.29 is 9.52 Å². The van der Waals surface area contributed by atoms with Crippen molar-refractivity contribution in [2.24, 2.45) is 0 Å². The molecule has 0 amide bonds. The highest BCUT2D eigenvalue weighted by atomic mass is 16.3. The molecular weight excluding hydrogens is 212 g/mol. The molecular formula is C15H18O2. The van der Waals surface area contributed by atoms with Gasteiger partial charge in [-0.25, -0.2) is 0 Å². The maximum atomic E-state index is 9.32. The third-order valence-corrected chi connectivity index (χ3v) is 2.81. The second-order valence-corrected chi connectivity index (χ2v) is 4.64. The Labute approximate surface area is 102 Å². The number of hydrogen-bond donors (Lipinski definition) is 1. The van der Waals surface area contributed by atoms with Gasteiger partial charge in [-0.15, -0.1) is 0 Å². The second kappa shape index (κ2) is 4.76. The van der Waals surface area contributed by atoms with Crippen LogP contribution in [0.25, 0.3) is 11.3 Å². The van der Waals surface area contributed by atoms with E-state index in [2.05, 4.69) is 32.0 Å². The van der Waals surface area contributed by atoms with E-state index in [1.54, 1.807) is 6.92 Å². The Balaban J connectivity index is 2.30. The van der Waals surface area contributed by atoms with E-state index in [0.717, 1.165) is 17.1 Å². The molecule has 2 rings (SSSR count). The van der Waals surface area contributed by atoms with Crippen molar-refractivity contribution in [2.75, 3.05) is 0 Å². The van der Waals surface area contributed by atoms with Crippen LogP contribution < -0.4 is 0 Å². The molecule has 2 nitrogen and oxygen atoms in total. The Hall–Kier alpha value is -1.54. The largest absolute Gasteiger partial charge is 0.461 e. The predicted molar refractivity (Wildman–Crippen MR) is 69.0 cm³/mol. The number of aliphatic hydroxyl groups is 1. The summed E-state index contributed by atoms with van der Waals surface area (Å²) in [5.41, 5.74) is 3.58. The Morgan fingerprint density at radius 3 is 2.59 bits per heavy atom. The van der Waals surface area contributed by atoms with Gasteiger partial charge >= 0.3 is 0 Å². The van der Waals surface area contributed by atoms with E-state index in [9.17, 15) is 5.11 Å². The Morgan fingerprint density at radius 1 is 1.18 bits per heavy atom. The van der Waals surface area contributed by atoms with Crippen LogP contribution in [-0.4, -0.2) is 11.2 Å². The molecule has 0 aliphatic heterocycles. The first-order chi connectivity index (χ1) is 8.06. The predicted octanol–water partition coefficient (Wildman–Crippen LogP) is 3.49. The molecule has 90 valence electrons. The summed E-state index contributed by atoms with van der Waals surface area (Å²) in [7, 11) is 0. The number of hydrogen-bond acceptors (Lipinski definition) is 2. The second-order valence-electron chi connectivity index (χ2n) is 4.64. The standard InChI is InChI=1S/C15H18O2/c1-10-4-6-14(11(2)8-10)15-7-5-13(17-15)9-12(3)16/h4-8,12,16H,9H2,1-3H3. The van der Waals surface area contributed by atoms with Crippen LogP contribution in [0.4, 0.5) is 0 Å². The summed E-state index contributed by atoms with van der Waals surface area (Å²) in [6, 6.07) is 10.2. The average Bonchev–Trinajstić information content (AvgIpc) is 2.65. The topological polar surface area (TPSA) is 33.4 Å². The van der Waals surface area contributed by atoms with Crippen LogP contribution in [0.3, 0.4) is 0 Å². The maximum Gasteiger partial charge on any atom is 0.134 e. The summed E-state index contributed by atoms with van der Waals surface area (Å²) in [5, 5.41) is 9.32. The molecule has 1 aromatic heterocycles. The summed E-state index contributed by atoms with van der Waals surface area (Å²) in [4.78, 5) is 0. The fraction of sp³-hybridized carbons (Fsp3) is 0.333. The lowest BCUT2D eigenvalue weighted by molar-refractivity contribution is 0.187. The van der Waals surface area contributed by atoms with Crippen molar-refractivity contribution in [3.63, 3.8) is 0 Å². The molecule has 1 heterocycles. The number of rotatable bonds is 3.